The average Bonchev–Trinajstić information content (AvgIpc) is 3.22. The van der Waals surface area contributed by atoms with E-state index in [0.29, 0.717) is 18.9 Å². The van der Waals surface area contributed by atoms with Gasteiger partial charge >= 0.3 is 6.61 Å². The molecule has 0 radical (unpaired) electrons. The number of nitrogens with zero attached hydrogens (tertiary/aromatic N) is 4. The summed E-state index contributed by atoms with van der Waals surface area (Å²) < 4.78 is 34.6. The van der Waals surface area contributed by atoms with Crippen LogP contribution in [0.4, 0.5) is 13.9 Å². The molecule has 10 heteroatoms. The van der Waals surface area contributed by atoms with Crippen molar-refractivity contribution >= 4 is 22.4 Å². The molecule has 3 rings (SSSR count). The minimum atomic E-state index is -2.90. The van der Waals surface area contributed by atoms with E-state index in [1.165, 1.54) is 7.11 Å². The summed E-state index contributed by atoms with van der Waals surface area (Å²) in [5.74, 6) is 0.784. The van der Waals surface area contributed by atoms with Crippen molar-refractivity contribution in [1.82, 2.24) is 9.88 Å². The Kier molecular flexibility index (Phi) is 6.85. The fraction of sp³-hybridized carbons (Fsp3) is 0.444. The van der Waals surface area contributed by atoms with Gasteiger partial charge in [0, 0.05) is 44.3 Å². The molecule has 2 N–H and O–H groups in total. The Morgan fingerprint density at radius 3 is 2.71 bits per heavy atom. The number of thiazole rings is 1. The lowest BCUT2D eigenvalue weighted by molar-refractivity contribution is -0.0512. The second-order valence-corrected chi connectivity index (χ2v) is 7.02. The summed E-state index contributed by atoms with van der Waals surface area (Å²) in [4.78, 5) is 13.0. The quantitative estimate of drug-likeness (QED) is 0.557. The van der Waals surface area contributed by atoms with E-state index in [9.17, 15) is 8.78 Å². The number of halogens is 2. The molecular weight excluding hydrogens is 388 g/mol. The molecule has 1 aromatic carbocycles. The summed E-state index contributed by atoms with van der Waals surface area (Å²) in [5.41, 5.74) is 6.94. The molecule has 1 aliphatic heterocycles. The number of nitrogens with two attached hydrogens (primary N) is 1. The fourth-order valence-corrected chi connectivity index (χ4v) is 3.66. The number of anilines is 1. The first-order valence-corrected chi connectivity index (χ1v) is 9.76. The number of aromatic nitrogens is 1. The first-order valence-electron chi connectivity index (χ1n) is 8.88. The molecule has 2 heterocycles. The van der Waals surface area contributed by atoms with Gasteiger partial charge in [-0.15, -0.1) is 11.3 Å². The van der Waals surface area contributed by atoms with Crippen molar-refractivity contribution in [3.8, 4) is 11.5 Å². The molecule has 0 aliphatic carbocycles. The summed E-state index contributed by atoms with van der Waals surface area (Å²) in [5, 5.41) is 2.99. The highest BCUT2D eigenvalue weighted by Gasteiger charge is 2.19. The smallest absolute Gasteiger partial charge is 0.387 e. The molecule has 1 fully saturated rings. The van der Waals surface area contributed by atoms with E-state index in [1.54, 1.807) is 35.7 Å². The number of piperazine rings is 1. The van der Waals surface area contributed by atoms with Crippen molar-refractivity contribution in [1.29, 1.82) is 0 Å². The molecule has 0 amide bonds. The fourth-order valence-electron chi connectivity index (χ4n) is 2.96. The number of hydrogen-bond donors (Lipinski definition) is 1. The first kappa shape index (κ1) is 20.1. The van der Waals surface area contributed by atoms with E-state index in [1.807, 2.05) is 10.3 Å². The van der Waals surface area contributed by atoms with Crippen molar-refractivity contribution in [2.24, 2.45) is 10.7 Å². The Morgan fingerprint density at radius 1 is 1.29 bits per heavy atom. The summed E-state index contributed by atoms with van der Waals surface area (Å²) >= 11 is 1.63. The predicted molar refractivity (Wildman–Crippen MR) is 106 cm³/mol. The maximum atomic E-state index is 12.5. The van der Waals surface area contributed by atoms with E-state index < -0.39 is 6.61 Å². The molecule has 0 spiro atoms. The molecule has 152 valence electrons. The van der Waals surface area contributed by atoms with Crippen LogP contribution in [-0.2, 0) is 6.42 Å². The lowest BCUT2D eigenvalue weighted by Crippen LogP contribution is -2.51. The zero-order chi connectivity index (χ0) is 19.9. The third-order valence-corrected chi connectivity index (χ3v) is 5.24. The van der Waals surface area contributed by atoms with Gasteiger partial charge < -0.3 is 25.0 Å². The van der Waals surface area contributed by atoms with E-state index in [2.05, 4.69) is 19.6 Å². The van der Waals surface area contributed by atoms with Crippen LogP contribution < -0.4 is 20.1 Å². The monoisotopic (exact) mass is 411 g/mol. The number of rotatable bonds is 7. The van der Waals surface area contributed by atoms with E-state index in [4.69, 9.17) is 10.5 Å². The third-order valence-electron chi connectivity index (χ3n) is 4.41. The molecule has 1 aliphatic rings. The summed E-state index contributed by atoms with van der Waals surface area (Å²) in [6.07, 6.45) is 2.36. The van der Waals surface area contributed by atoms with Crippen LogP contribution in [0.15, 0.2) is 34.8 Å². The summed E-state index contributed by atoms with van der Waals surface area (Å²) in [6, 6.07) is 4.96. The van der Waals surface area contributed by atoms with Crippen LogP contribution in [0.25, 0.3) is 0 Å². The number of benzene rings is 1. The van der Waals surface area contributed by atoms with E-state index in [0.717, 1.165) is 36.9 Å². The number of guanidine groups is 1. The van der Waals surface area contributed by atoms with Gasteiger partial charge in [-0.05, 0) is 24.1 Å². The van der Waals surface area contributed by atoms with Crippen LogP contribution >= 0.6 is 11.3 Å². The average molecular weight is 411 g/mol. The van der Waals surface area contributed by atoms with Gasteiger partial charge in [0.1, 0.15) is 0 Å². The van der Waals surface area contributed by atoms with E-state index >= 15 is 0 Å². The maximum absolute atomic E-state index is 12.5. The van der Waals surface area contributed by atoms with Gasteiger partial charge in [0.05, 0.1) is 7.11 Å². The molecule has 1 saturated heterocycles. The van der Waals surface area contributed by atoms with Gasteiger partial charge in [0.25, 0.3) is 0 Å². The second kappa shape index (κ2) is 9.54. The van der Waals surface area contributed by atoms with Gasteiger partial charge in [-0.3, -0.25) is 4.99 Å². The largest absolute Gasteiger partial charge is 0.493 e. The summed E-state index contributed by atoms with van der Waals surface area (Å²) in [6.45, 7) is 0.806. The number of methoxy groups -OCH3 is 1. The molecule has 2 aromatic rings. The number of ether oxygens (including phenoxy) is 2. The molecule has 0 bridgehead atoms. The van der Waals surface area contributed by atoms with Gasteiger partial charge in [-0.1, -0.05) is 6.07 Å². The van der Waals surface area contributed by atoms with Gasteiger partial charge in [0.2, 0.25) is 0 Å². The van der Waals surface area contributed by atoms with Crippen molar-refractivity contribution in [3.05, 3.63) is 35.3 Å². The second-order valence-electron chi connectivity index (χ2n) is 6.14. The van der Waals surface area contributed by atoms with E-state index in [-0.39, 0.29) is 11.5 Å². The Morgan fingerprint density at radius 2 is 2.07 bits per heavy atom. The van der Waals surface area contributed by atoms with Crippen LogP contribution in [-0.4, -0.2) is 62.3 Å². The van der Waals surface area contributed by atoms with Crippen LogP contribution in [0.2, 0.25) is 0 Å². The van der Waals surface area contributed by atoms with Gasteiger partial charge in [0.15, 0.2) is 22.6 Å². The van der Waals surface area contributed by atoms with Crippen molar-refractivity contribution in [2.45, 2.75) is 13.0 Å². The zero-order valence-electron chi connectivity index (χ0n) is 15.6. The van der Waals surface area contributed by atoms with Gasteiger partial charge in [-0.25, -0.2) is 4.98 Å². The topological polar surface area (TPSA) is 76.2 Å². The Bertz CT molecular complexity index is 780. The minimum Gasteiger partial charge on any atom is -0.493 e. The minimum absolute atomic E-state index is 0.0188. The van der Waals surface area contributed by atoms with Gasteiger partial charge in [-0.2, -0.15) is 8.78 Å². The highest BCUT2D eigenvalue weighted by Crippen LogP contribution is 2.29. The third kappa shape index (κ3) is 5.22. The maximum Gasteiger partial charge on any atom is 0.387 e. The van der Waals surface area contributed by atoms with Crippen molar-refractivity contribution in [3.63, 3.8) is 0 Å². The lowest BCUT2D eigenvalue weighted by Gasteiger charge is -2.35. The molecule has 1 aromatic heterocycles. The van der Waals surface area contributed by atoms with Crippen LogP contribution in [0.3, 0.4) is 0 Å². The Hall–Kier alpha value is -2.62. The lowest BCUT2D eigenvalue weighted by atomic mass is 10.1. The van der Waals surface area contributed by atoms with Crippen molar-refractivity contribution in [2.75, 3.05) is 44.7 Å². The standard InChI is InChI=1S/C18H23F2N5O2S/c1-26-14-3-2-13(12-15(14)27-16(19)20)4-5-22-17(21)24-7-9-25(10-8-24)18-23-6-11-28-18/h2-3,6,11-12,16H,4-5,7-10H2,1H3,(H2,21,22). The molecule has 0 unspecified atom stereocenters. The Labute approximate surface area is 166 Å². The van der Waals surface area contributed by atoms with Crippen molar-refractivity contribution < 1.29 is 18.3 Å². The zero-order valence-corrected chi connectivity index (χ0v) is 16.4. The highest BCUT2D eigenvalue weighted by molar-refractivity contribution is 7.13. The molecule has 0 atom stereocenters. The highest BCUT2D eigenvalue weighted by atomic mass is 32.1. The SMILES string of the molecule is COc1ccc(CCN=C(N)N2CCN(c3nccs3)CC2)cc1OC(F)F. The molecule has 7 nitrogen and oxygen atoms in total. The van der Waals surface area contributed by atoms with Crippen LogP contribution in [0.5, 0.6) is 11.5 Å². The van der Waals surface area contributed by atoms with Crippen LogP contribution in [0.1, 0.15) is 5.56 Å². The van der Waals surface area contributed by atoms with Crippen LogP contribution in [0, 0.1) is 0 Å². The molecule has 0 saturated carbocycles. The number of hydrogen-bond acceptors (Lipinski definition) is 6. The normalized spacial score (nSPS) is 15.2. The molecular formula is C18H23F2N5O2S. The Balaban J connectivity index is 1.51. The number of aliphatic imine (C=N–C) groups is 1. The first-order chi connectivity index (χ1) is 13.6. The number of alkyl halides is 2. The summed E-state index contributed by atoms with van der Waals surface area (Å²) in [7, 11) is 1.41. The predicted octanol–water partition coefficient (Wildman–Crippen LogP) is 2.43. The molecule has 28 heavy (non-hydrogen) atoms.